The van der Waals surface area contributed by atoms with Gasteiger partial charge in [0.25, 0.3) is 11.2 Å². The third-order valence-electron chi connectivity index (χ3n) is 2.81. The summed E-state index contributed by atoms with van der Waals surface area (Å²) in [4.78, 5) is 33.0. The van der Waals surface area contributed by atoms with Gasteiger partial charge in [-0.05, 0) is 28.9 Å². The number of hydrogen-bond donors (Lipinski definition) is 1. The number of pyridine rings is 1. The van der Waals surface area contributed by atoms with Crippen molar-refractivity contribution < 1.29 is 19.2 Å². The van der Waals surface area contributed by atoms with E-state index in [9.17, 15) is 19.7 Å². The number of aromatic carboxylic acids is 1. The highest BCUT2D eigenvalue weighted by Gasteiger charge is 2.16. The van der Waals surface area contributed by atoms with Crippen LogP contribution in [0.3, 0.4) is 0 Å². The molecule has 1 N–H and O–H groups in total. The molecule has 0 saturated heterocycles. The molecule has 0 fully saturated rings. The molecule has 0 spiro atoms. The monoisotopic (exact) mass is 356 g/mol. The topological polar surface area (TPSA) is 116 Å². The van der Waals surface area contributed by atoms with Crippen molar-refractivity contribution in [2.24, 2.45) is 0 Å². The summed E-state index contributed by atoms with van der Waals surface area (Å²) < 4.78 is 6.20. The highest BCUT2D eigenvalue weighted by molar-refractivity contribution is 9.10. The molecule has 0 aromatic carbocycles. The van der Waals surface area contributed by atoms with Gasteiger partial charge in [-0.15, -0.1) is 0 Å². The molecule has 110 valence electrons. The molecule has 21 heavy (non-hydrogen) atoms. The van der Waals surface area contributed by atoms with Crippen molar-refractivity contribution in [2.45, 2.75) is 13.5 Å². The normalized spacial score (nSPS) is 10.6. The summed E-state index contributed by atoms with van der Waals surface area (Å²) in [5.74, 6) is -1.14. The Hall–Kier alpha value is -2.42. The Morgan fingerprint density at radius 3 is 2.71 bits per heavy atom. The number of nitrogens with zero attached hydrogens (tertiary/aromatic N) is 2. The molecule has 2 rings (SSSR count). The van der Waals surface area contributed by atoms with Crippen LogP contribution >= 0.6 is 15.9 Å². The van der Waals surface area contributed by atoms with Crippen LogP contribution in [0.1, 0.15) is 21.9 Å². The molecule has 8 nitrogen and oxygen atoms in total. The molecule has 0 amide bonds. The zero-order valence-corrected chi connectivity index (χ0v) is 12.3. The largest absolute Gasteiger partial charge is 0.475 e. The summed E-state index contributed by atoms with van der Waals surface area (Å²) in [5.41, 5.74) is -0.249. The first-order valence-electron chi connectivity index (χ1n) is 5.66. The van der Waals surface area contributed by atoms with Crippen molar-refractivity contribution in [3.63, 3.8) is 0 Å². The van der Waals surface area contributed by atoms with Gasteiger partial charge < -0.3 is 14.1 Å². The van der Waals surface area contributed by atoms with Gasteiger partial charge in [-0.2, -0.15) is 0 Å². The van der Waals surface area contributed by atoms with Crippen LogP contribution in [-0.4, -0.2) is 20.6 Å². The van der Waals surface area contributed by atoms with Crippen molar-refractivity contribution in [1.82, 2.24) is 4.57 Å². The number of carboxylic acids is 1. The number of hydrogen-bond acceptors (Lipinski definition) is 5. The smallest absolute Gasteiger partial charge is 0.371 e. The summed E-state index contributed by atoms with van der Waals surface area (Å²) in [6, 6.07) is 2.40. The standard InChI is InChI=1S/C12H9BrN2O6/c1-6-7(2-10(21-6)12(17)18)4-14-5-8(15(19)20)3-9(13)11(14)16/h2-3,5H,4H2,1H3,(H,17,18). The Morgan fingerprint density at radius 2 is 2.19 bits per heavy atom. The second kappa shape index (κ2) is 5.52. The van der Waals surface area contributed by atoms with E-state index < -0.39 is 16.5 Å². The van der Waals surface area contributed by atoms with Crippen LogP contribution in [0.5, 0.6) is 0 Å². The van der Waals surface area contributed by atoms with Crippen LogP contribution in [0.15, 0.2) is 32.0 Å². The number of carboxylic acid groups (broad SMARTS) is 1. The predicted octanol–water partition coefficient (Wildman–Crippen LogP) is 2.17. The Bertz CT molecular complexity index is 792. The fraction of sp³-hybridized carbons (Fsp3) is 0.167. The quantitative estimate of drug-likeness (QED) is 0.662. The van der Waals surface area contributed by atoms with Crippen molar-refractivity contribution in [3.05, 3.63) is 60.4 Å². The van der Waals surface area contributed by atoms with E-state index in [0.29, 0.717) is 11.3 Å². The van der Waals surface area contributed by atoms with E-state index in [1.165, 1.54) is 6.07 Å². The molecule has 0 atom stereocenters. The summed E-state index contributed by atoms with van der Waals surface area (Å²) >= 11 is 2.97. The molecule has 0 aliphatic heterocycles. The van der Waals surface area contributed by atoms with Gasteiger partial charge in [0, 0.05) is 11.6 Å². The maximum Gasteiger partial charge on any atom is 0.371 e. The van der Waals surface area contributed by atoms with Crippen molar-refractivity contribution in [2.75, 3.05) is 0 Å². The van der Waals surface area contributed by atoms with Crippen molar-refractivity contribution >= 4 is 27.6 Å². The van der Waals surface area contributed by atoms with Crippen LogP contribution < -0.4 is 5.56 Å². The third kappa shape index (κ3) is 3.02. The van der Waals surface area contributed by atoms with Gasteiger partial charge in [0.2, 0.25) is 5.76 Å². The summed E-state index contributed by atoms with van der Waals surface area (Å²) in [5, 5.41) is 19.6. The Kier molecular flexibility index (Phi) is 3.94. The minimum atomic E-state index is -1.23. The van der Waals surface area contributed by atoms with E-state index in [1.807, 2.05) is 0 Å². The minimum absolute atomic E-state index is 0.0261. The van der Waals surface area contributed by atoms with E-state index in [1.54, 1.807) is 6.92 Å². The SMILES string of the molecule is Cc1oc(C(=O)O)cc1Cn1cc([N+](=O)[O-])cc(Br)c1=O. The molecule has 0 aliphatic carbocycles. The van der Waals surface area contributed by atoms with Gasteiger partial charge in [-0.25, -0.2) is 4.79 Å². The lowest BCUT2D eigenvalue weighted by atomic mass is 10.2. The summed E-state index contributed by atoms with van der Waals surface area (Å²) in [6.45, 7) is 1.53. The fourth-order valence-corrected chi connectivity index (χ4v) is 2.23. The first-order chi connectivity index (χ1) is 9.79. The lowest BCUT2D eigenvalue weighted by Crippen LogP contribution is -2.21. The van der Waals surface area contributed by atoms with Crippen molar-refractivity contribution in [3.8, 4) is 0 Å². The molecule has 0 bridgehead atoms. The van der Waals surface area contributed by atoms with Gasteiger partial charge in [0.1, 0.15) is 5.76 Å². The van der Waals surface area contributed by atoms with E-state index in [2.05, 4.69) is 15.9 Å². The third-order valence-corrected chi connectivity index (χ3v) is 3.38. The lowest BCUT2D eigenvalue weighted by Gasteiger charge is -2.05. The number of halogens is 1. The van der Waals surface area contributed by atoms with Gasteiger partial charge in [0.05, 0.1) is 22.1 Å². The van der Waals surface area contributed by atoms with Crippen molar-refractivity contribution in [1.29, 1.82) is 0 Å². The summed E-state index contributed by atoms with van der Waals surface area (Å²) in [6.07, 6.45) is 1.10. The van der Waals surface area contributed by atoms with E-state index in [-0.39, 0.29) is 22.5 Å². The Morgan fingerprint density at radius 1 is 1.52 bits per heavy atom. The fourth-order valence-electron chi connectivity index (χ4n) is 1.77. The Balaban J connectivity index is 2.46. The number of aromatic nitrogens is 1. The molecule has 0 aliphatic rings. The molecule has 2 aromatic rings. The predicted molar refractivity (Wildman–Crippen MR) is 74.6 cm³/mol. The van der Waals surface area contributed by atoms with Gasteiger partial charge in [-0.1, -0.05) is 0 Å². The van der Waals surface area contributed by atoms with Gasteiger partial charge >= 0.3 is 5.97 Å². The van der Waals surface area contributed by atoms with Crippen LogP contribution in [0.25, 0.3) is 0 Å². The zero-order valence-electron chi connectivity index (χ0n) is 10.7. The van der Waals surface area contributed by atoms with Crippen LogP contribution in [-0.2, 0) is 6.54 Å². The highest BCUT2D eigenvalue weighted by atomic mass is 79.9. The van der Waals surface area contributed by atoms with Crippen LogP contribution in [0.2, 0.25) is 0 Å². The Labute approximate surface area is 125 Å². The minimum Gasteiger partial charge on any atom is -0.475 e. The highest BCUT2D eigenvalue weighted by Crippen LogP contribution is 2.18. The molecular formula is C12H9BrN2O6. The second-order valence-corrected chi connectivity index (χ2v) is 5.09. The first-order valence-corrected chi connectivity index (χ1v) is 6.46. The zero-order chi connectivity index (χ0) is 15.7. The van der Waals surface area contributed by atoms with Gasteiger partial charge in [-0.3, -0.25) is 14.9 Å². The number of rotatable bonds is 4. The van der Waals surface area contributed by atoms with E-state index >= 15 is 0 Å². The molecule has 9 heteroatoms. The maximum absolute atomic E-state index is 11.9. The molecule has 0 radical (unpaired) electrons. The van der Waals surface area contributed by atoms with E-state index in [4.69, 9.17) is 9.52 Å². The number of nitro groups is 1. The maximum atomic E-state index is 11.9. The lowest BCUT2D eigenvalue weighted by molar-refractivity contribution is -0.385. The van der Waals surface area contributed by atoms with Gasteiger partial charge in [0.15, 0.2) is 0 Å². The number of furan rings is 1. The second-order valence-electron chi connectivity index (χ2n) is 4.23. The average molecular weight is 357 g/mol. The number of aryl methyl sites for hydroxylation is 1. The molecular weight excluding hydrogens is 348 g/mol. The molecule has 0 saturated carbocycles. The summed E-state index contributed by atoms with van der Waals surface area (Å²) in [7, 11) is 0. The first kappa shape index (κ1) is 15.0. The van der Waals surface area contributed by atoms with Crippen LogP contribution in [0, 0.1) is 17.0 Å². The van der Waals surface area contributed by atoms with Crippen LogP contribution in [0.4, 0.5) is 5.69 Å². The molecule has 2 heterocycles. The molecule has 0 unspecified atom stereocenters. The number of carbonyl (C=O) groups is 1. The van der Waals surface area contributed by atoms with E-state index in [0.717, 1.165) is 16.8 Å². The average Bonchev–Trinajstić information content (AvgIpc) is 2.76. The molecule has 2 aromatic heterocycles.